The van der Waals surface area contributed by atoms with Crippen LogP contribution in [-0.4, -0.2) is 40.0 Å². The van der Waals surface area contributed by atoms with E-state index in [9.17, 15) is 0 Å². The topological polar surface area (TPSA) is 86.0 Å². The van der Waals surface area contributed by atoms with Crippen LogP contribution in [0.1, 0.15) is 26.2 Å². The summed E-state index contributed by atoms with van der Waals surface area (Å²) in [4.78, 5) is 4.32. The Labute approximate surface area is 117 Å². The molecule has 0 bridgehead atoms. The van der Waals surface area contributed by atoms with Crippen molar-refractivity contribution in [2.75, 3.05) is 13.7 Å². The van der Waals surface area contributed by atoms with Gasteiger partial charge in [-0.15, -0.1) is 10.2 Å². The zero-order valence-electron chi connectivity index (χ0n) is 12.0. The van der Waals surface area contributed by atoms with E-state index in [1.807, 2.05) is 0 Å². The Morgan fingerprint density at radius 1 is 1.35 bits per heavy atom. The second-order valence-corrected chi connectivity index (χ2v) is 4.47. The number of nitrogens with one attached hydrogen (secondary N) is 1. The minimum absolute atomic E-state index is 0.427. The van der Waals surface area contributed by atoms with E-state index >= 15 is 0 Å². The van der Waals surface area contributed by atoms with Gasteiger partial charge in [-0.1, -0.05) is 12.1 Å². The van der Waals surface area contributed by atoms with Gasteiger partial charge in [-0.25, -0.2) is 0 Å². The molecular formula is C13H19N5O2. The fourth-order valence-electron chi connectivity index (χ4n) is 1.80. The lowest BCUT2D eigenvalue weighted by molar-refractivity contribution is 0.367. The first-order chi connectivity index (χ1) is 9.72. The van der Waals surface area contributed by atoms with Gasteiger partial charge in [0.2, 0.25) is 17.6 Å². The van der Waals surface area contributed by atoms with E-state index < -0.39 is 0 Å². The van der Waals surface area contributed by atoms with Crippen molar-refractivity contribution in [1.29, 1.82) is 0 Å². The summed E-state index contributed by atoms with van der Waals surface area (Å²) in [7, 11) is 1.54. The maximum absolute atomic E-state index is 5.22. The van der Waals surface area contributed by atoms with Gasteiger partial charge < -0.3 is 14.6 Å². The van der Waals surface area contributed by atoms with E-state index in [4.69, 9.17) is 9.26 Å². The minimum Gasteiger partial charge on any atom is -0.480 e. The van der Waals surface area contributed by atoms with Crippen LogP contribution in [0.3, 0.4) is 0 Å². The highest BCUT2D eigenvalue weighted by atomic mass is 16.5. The molecule has 0 radical (unpaired) electrons. The lowest BCUT2D eigenvalue weighted by atomic mass is 10.2. The third-order valence-electron chi connectivity index (χ3n) is 2.89. The van der Waals surface area contributed by atoms with Gasteiger partial charge >= 0.3 is 0 Å². The summed E-state index contributed by atoms with van der Waals surface area (Å²) < 4.78 is 10.2. The summed E-state index contributed by atoms with van der Waals surface area (Å²) >= 11 is 0. The van der Waals surface area contributed by atoms with Crippen molar-refractivity contribution in [1.82, 2.24) is 25.7 Å². The zero-order valence-corrected chi connectivity index (χ0v) is 12.0. The molecule has 1 atom stereocenters. The van der Waals surface area contributed by atoms with Gasteiger partial charge in [-0.3, -0.25) is 0 Å². The van der Waals surface area contributed by atoms with Gasteiger partial charge in [-0.05, 0) is 26.0 Å². The zero-order chi connectivity index (χ0) is 14.4. The molecular weight excluding hydrogens is 258 g/mol. The first kappa shape index (κ1) is 14.4. The Morgan fingerprint density at radius 3 is 2.85 bits per heavy atom. The molecule has 0 aromatic carbocycles. The number of rotatable bonds is 7. The number of aryl methyl sites for hydroxylation is 1. The van der Waals surface area contributed by atoms with Crippen LogP contribution in [-0.2, 0) is 6.42 Å². The lowest BCUT2D eigenvalue weighted by Gasteiger charge is -2.09. The molecule has 0 aliphatic heterocycles. The molecule has 2 aromatic heterocycles. The highest BCUT2D eigenvalue weighted by Gasteiger charge is 2.11. The third kappa shape index (κ3) is 3.74. The lowest BCUT2D eigenvalue weighted by Crippen LogP contribution is -2.25. The summed E-state index contributed by atoms with van der Waals surface area (Å²) in [6.07, 6.45) is 1.69. The maximum Gasteiger partial charge on any atom is 0.233 e. The molecule has 1 unspecified atom stereocenters. The van der Waals surface area contributed by atoms with Crippen LogP contribution in [0.25, 0.3) is 11.5 Å². The number of aromatic nitrogens is 4. The van der Waals surface area contributed by atoms with Crippen molar-refractivity contribution in [3.8, 4) is 17.4 Å². The summed E-state index contributed by atoms with van der Waals surface area (Å²) in [5, 5.41) is 15.1. The van der Waals surface area contributed by atoms with E-state index in [-0.39, 0.29) is 0 Å². The van der Waals surface area contributed by atoms with E-state index in [0.717, 1.165) is 19.4 Å². The molecule has 0 aliphatic carbocycles. The number of ether oxygens (including phenoxy) is 1. The molecule has 0 amide bonds. The van der Waals surface area contributed by atoms with Crippen LogP contribution in [0.15, 0.2) is 16.7 Å². The van der Waals surface area contributed by atoms with Crippen molar-refractivity contribution in [3.05, 3.63) is 18.0 Å². The van der Waals surface area contributed by atoms with Crippen molar-refractivity contribution in [2.45, 2.75) is 32.7 Å². The van der Waals surface area contributed by atoms with Crippen LogP contribution in [0.2, 0.25) is 0 Å². The van der Waals surface area contributed by atoms with Gasteiger partial charge in [0, 0.05) is 18.5 Å². The summed E-state index contributed by atoms with van der Waals surface area (Å²) in [5.74, 6) is 1.52. The average molecular weight is 277 g/mol. The van der Waals surface area contributed by atoms with Crippen LogP contribution < -0.4 is 10.1 Å². The molecule has 0 fully saturated rings. The molecule has 20 heavy (non-hydrogen) atoms. The molecule has 1 N–H and O–H groups in total. The van der Waals surface area contributed by atoms with Gasteiger partial charge in [0.1, 0.15) is 5.69 Å². The smallest absolute Gasteiger partial charge is 0.233 e. The molecule has 2 heterocycles. The fraction of sp³-hybridized carbons (Fsp3) is 0.538. The van der Waals surface area contributed by atoms with Gasteiger partial charge in [-0.2, -0.15) is 4.98 Å². The Morgan fingerprint density at radius 2 is 2.20 bits per heavy atom. The number of methoxy groups -OCH3 is 1. The Hall–Kier alpha value is -2.02. The van der Waals surface area contributed by atoms with Gasteiger partial charge in [0.25, 0.3) is 0 Å². The summed E-state index contributed by atoms with van der Waals surface area (Å²) in [6, 6.07) is 3.89. The van der Waals surface area contributed by atoms with Crippen molar-refractivity contribution in [2.24, 2.45) is 0 Å². The van der Waals surface area contributed by atoms with E-state index in [1.165, 1.54) is 0 Å². The fourth-order valence-corrected chi connectivity index (χ4v) is 1.80. The van der Waals surface area contributed by atoms with E-state index in [2.05, 4.69) is 39.5 Å². The van der Waals surface area contributed by atoms with E-state index in [0.29, 0.717) is 29.3 Å². The second kappa shape index (κ2) is 6.95. The molecule has 0 saturated carbocycles. The average Bonchev–Trinajstić information content (AvgIpc) is 2.94. The first-order valence-electron chi connectivity index (χ1n) is 6.67. The highest BCUT2D eigenvalue weighted by Crippen LogP contribution is 2.15. The molecule has 2 aromatic rings. The third-order valence-corrected chi connectivity index (χ3v) is 2.89. The Balaban J connectivity index is 1.97. The number of hydrogen-bond donors (Lipinski definition) is 1. The second-order valence-electron chi connectivity index (χ2n) is 4.47. The Bertz CT molecular complexity index is 526. The van der Waals surface area contributed by atoms with Crippen LogP contribution >= 0.6 is 0 Å². The van der Waals surface area contributed by atoms with Crippen LogP contribution in [0.5, 0.6) is 5.88 Å². The summed E-state index contributed by atoms with van der Waals surface area (Å²) in [5.41, 5.74) is 0.570. The molecule has 108 valence electrons. The SMILES string of the molecule is CCNC(C)CCc1nc(-c2ccc(OC)nn2)no1. The normalized spacial score (nSPS) is 12.3. The summed E-state index contributed by atoms with van der Waals surface area (Å²) in [6.45, 7) is 5.18. The molecule has 2 rings (SSSR count). The van der Waals surface area contributed by atoms with Crippen molar-refractivity contribution in [3.63, 3.8) is 0 Å². The maximum atomic E-state index is 5.22. The standard InChI is InChI=1S/C13H19N5O2/c1-4-14-9(2)5-7-11-15-13(18-20-11)10-6-8-12(19-3)17-16-10/h6,8-9,14H,4-5,7H2,1-3H3. The van der Waals surface area contributed by atoms with Crippen LogP contribution in [0, 0.1) is 0 Å². The number of hydrogen-bond acceptors (Lipinski definition) is 7. The predicted octanol–water partition coefficient (Wildman–Crippen LogP) is 1.47. The molecule has 7 nitrogen and oxygen atoms in total. The number of nitrogens with zero attached hydrogens (tertiary/aromatic N) is 4. The van der Waals surface area contributed by atoms with Crippen molar-refractivity contribution >= 4 is 0 Å². The van der Waals surface area contributed by atoms with Gasteiger partial charge in [0.05, 0.1) is 7.11 Å². The largest absolute Gasteiger partial charge is 0.480 e. The van der Waals surface area contributed by atoms with Gasteiger partial charge in [0.15, 0.2) is 0 Å². The monoisotopic (exact) mass is 277 g/mol. The predicted molar refractivity (Wildman–Crippen MR) is 73.3 cm³/mol. The molecule has 7 heteroatoms. The van der Waals surface area contributed by atoms with E-state index in [1.54, 1.807) is 19.2 Å². The quantitative estimate of drug-likeness (QED) is 0.820. The molecule has 0 spiro atoms. The van der Waals surface area contributed by atoms with Crippen LogP contribution in [0.4, 0.5) is 0 Å². The highest BCUT2D eigenvalue weighted by molar-refractivity contribution is 5.47. The molecule has 0 saturated heterocycles. The molecule has 0 aliphatic rings. The first-order valence-corrected chi connectivity index (χ1v) is 6.67. The Kier molecular flexibility index (Phi) is 5.00. The van der Waals surface area contributed by atoms with Crippen molar-refractivity contribution < 1.29 is 9.26 Å². The minimum atomic E-state index is 0.427.